The third kappa shape index (κ3) is 8.87. The Balaban J connectivity index is 2.80. The van der Waals surface area contributed by atoms with E-state index in [2.05, 4.69) is 0 Å². The lowest BCUT2D eigenvalue weighted by molar-refractivity contribution is 0.225. The predicted molar refractivity (Wildman–Crippen MR) is 141 cm³/mol. The Morgan fingerprint density at radius 1 is 0.588 bits per heavy atom. The van der Waals surface area contributed by atoms with Crippen molar-refractivity contribution in [3.63, 3.8) is 0 Å². The highest BCUT2D eigenvalue weighted by atomic mass is 31.3. The molecule has 0 aliphatic carbocycles. The maximum Gasteiger partial charge on any atom is 0.402 e. The van der Waals surface area contributed by atoms with Gasteiger partial charge in [-0.3, -0.25) is 4.52 Å². The van der Waals surface area contributed by atoms with Crippen LogP contribution in [0.5, 0.6) is 5.75 Å². The van der Waals surface area contributed by atoms with Crippen LogP contribution in [0.1, 0.15) is 72.3 Å². The third-order valence-corrected chi connectivity index (χ3v) is 12.7. The van der Waals surface area contributed by atoms with Gasteiger partial charge in [-0.15, -0.1) is 13.5 Å². The van der Waals surface area contributed by atoms with Crippen LogP contribution in [0.15, 0.2) is 37.8 Å². The lowest BCUT2D eigenvalue weighted by Gasteiger charge is -2.33. The van der Waals surface area contributed by atoms with Crippen molar-refractivity contribution in [2.45, 2.75) is 73.6 Å². The van der Waals surface area contributed by atoms with Crippen molar-refractivity contribution in [3.05, 3.63) is 29.8 Å². The molecule has 0 aromatic heterocycles. The maximum absolute atomic E-state index is 6.49. The average molecular weight is 538 g/mol. The van der Waals surface area contributed by atoms with Gasteiger partial charge >= 0.3 is 23.0 Å². The van der Waals surface area contributed by atoms with Gasteiger partial charge in [0.1, 0.15) is 5.75 Å². The number of hydrogen-bond acceptors (Lipinski definition) is 9. The highest BCUT2D eigenvalue weighted by Gasteiger charge is 2.43. The van der Waals surface area contributed by atoms with Gasteiger partial charge in [0.25, 0.3) is 0 Å². The van der Waals surface area contributed by atoms with E-state index in [4.69, 9.17) is 40.7 Å². The summed E-state index contributed by atoms with van der Waals surface area (Å²) in [5.41, 5.74) is 1.06. The molecule has 34 heavy (non-hydrogen) atoms. The summed E-state index contributed by atoms with van der Waals surface area (Å²) in [6, 6.07) is 7.75. The zero-order chi connectivity index (χ0) is 24.9. The Morgan fingerprint density at radius 3 is 1.38 bits per heavy atom. The minimum Gasteiger partial charge on any atom is -0.422 e. The van der Waals surface area contributed by atoms with Gasteiger partial charge in [0.2, 0.25) is 0 Å². The van der Waals surface area contributed by atoms with E-state index in [-0.39, 0.29) is 0 Å². The third-order valence-electron chi connectivity index (χ3n) is 4.21. The lowest BCUT2D eigenvalue weighted by atomic mass is 10.2. The zero-order valence-electron chi connectivity index (χ0n) is 21.5. The Kier molecular flexibility index (Phi) is 13.1. The van der Waals surface area contributed by atoms with Crippen LogP contribution in [0.4, 0.5) is 0 Å². The summed E-state index contributed by atoms with van der Waals surface area (Å²) >= 11 is 0. The molecular formula is C22H42N3O6P3. The standard InChI is InChI=1S/C22H42N3O6P3/c1-7-15-26-32(27-16-8-2)23-33(28-17-9-3,29-18-10-4)25-34(24-32,30-19-11-5)31-22-14-12-13-21(6)20-22/h12-14,20H,7-11,15-19H2,1-6H3. The summed E-state index contributed by atoms with van der Waals surface area (Å²) in [5.74, 6) is 0.618. The molecule has 12 heteroatoms. The average Bonchev–Trinajstić information content (AvgIpc) is 2.82. The molecular weight excluding hydrogens is 495 g/mol. The van der Waals surface area contributed by atoms with Crippen LogP contribution >= 0.6 is 23.0 Å². The first kappa shape index (κ1) is 29.7. The molecule has 1 aromatic rings. The van der Waals surface area contributed by atoms with Crippen molar-refractivity contribution in [2.75, 3.05) is 33.0 Å². The first-order valence-electron chi connectivity index (χ1n) is 12.3. The highest BCUT2D eigenvalue weighted by Crippen LogP contribution is 2.80. The first-order valence-corrected chi connectivity index (χ1v) is 16.9. The number of aryl methyl sites for hydroxylation is 1. The topological polar surface area (TPSA) is 92.5 Å². The van der Waals surface area contributed by atoms with Gasteiger partial charge < -0.3 is 22.6 Å². The predicted octanol–water partition coefficient (Wildman–Crippen LogP) is 9.36. The van der Waals surface area contributed by atoms with Crippen molar-refractivity contribution in [1.29, 1.82) is 0 Å². The van der Waals surface area contributed by atoms with Crippen molar-refractivity contribution < 1.29 is 27.1 Å². The fourth-order valence-electron chi connectivity index (χ4n) is 2.74. The Hall–Kier alpha value is -0.490. The summed E-state index contributed by atoms with van der Waals surface area (Å²) in [6.07, 6.45) is 3.93. The molecule has 1 unspecified atom stereocenters. The molecule has 1 aliphatic heterocycles. The van der Waals surface area contributed by atoms with Crippen molar-refractivity contribution in [3.8, 4) is 5.75 Å². The minimum atomic E-state index is -3.30. The van der Waals surface area contributed by atoms with Crippen LogP contribution in [0, 0.1) is 6.92 Å². The molecule has 0 radical (unpaired) electrons. The summed E-state index contributed by atoms with van der Waals surface area (Å²) in [7, 11) is -9.66. The monoisotopic (exact) mass is 537 g/mol. The van der Waals surface area contributed by atoms with E-state index in [0.29, 0.717) is 38.8 Å². The molecule has 0 N–H and O–H groups in total. The molecule has 0 saturated carbocycles. The lowest BCUT2D eigenvalue weighted by Crippen LogP contribution is -2.07. The summed E-state index contributed by atoms with van der Waals surface area (Å²) in [6.45, 7) is 14.3. The second-order valence-corrected chi connectivity index (χ2v) is 14.4. The molecule has 196 valence electrons. The second kappa shape index (κ2) is 14.9. The van der Waals surface area contributed by atoms with E-state index in [0.717, 1.165) is 37.7 Å². The molecule has 1 aromatic carbocycles. The molecule has 1 heterocycles. The van der Waals surface area contributed by atoms with Gasteiger partial charge in [0.05, 0.1) is 33.0 Å². The summed E-state index contributed by atoms with van der Waals surface area (Å²) < 4.78 is 52.7. The zero-order valence-corrected chi connectivity index (χ0v) is 24.2. The van der Waals surface area contributed by atoms with Gasteiger partial charge in [-0.2, -0.15) is 0 Å². The second-order valence-electron chi connectivity index (χ2n) is 7.81. The number of benzene rings is 1. The highest BCUT2D eigenvalue weighted by molar-refractivity contribution is 7.78. The van der Waals surface area contributed by atoms with Gasteiger partial charge in [-0.1, -0.05) is 46.8 Å². The minimum absolute atomic E-state index is 0.412. The van der Waals surface area contributed by atoms with Gasteiger partial charge in [-0.05, 0) is 56.7 Å². The molecule has 2 rings (SSSR count). The molecule has 1 aliphatic rings. The van der Waals surface area contributed by atoms with Crippen LogP contribution in [0.3, 0.4) is 0 Å². The van der Waals surface area contributed by atoms with Crippen LogP contribution in [0.25, 0.3) is 0 Å². The van der Waals surface area contributed by atoms with E-state index in [1.165, 1.54) is 0 Å². The van der Waals surface area contributed by atoms with Crippen molar-refractivity contribution >= 4 is 23.0 Å². The number of nitrogens with zero attached hydrogens (tertiary/aromatic N) is 3. The van der Waals surface area contributed by atoms with Crippen LogP contribution in [-0.4, -0.2) is 33.0 Å². The maximum atomic E-state index is 6.49. The normalized spacial score (nSPS) is 20.8. The molecule has 0 spiro atoms. The largest absolute Gasteiger partial charge is 0.422 e. The Morgan fingerprint density at radius 2 is 0.971 bits per heavy atom. The van der Waals surface area contributed by atoms with E-state index in [1.54, 1.807) is 0 Å². The van der Waals surface area contributed by atoms with E-state index < -0.39 is 23.0 Å². The molecule has 0 bridgehead atoms. The van der Waals surface area contributed by atoms with Gasteiger partial charge in [0, 0.05) is 0 Å². The SMILES string of the molecule is CCCOP1(OCCC)=NP(OCCC)(OCCC)=NP(OCCC)(Oc2cccc(C)c2)=N1. The molecule has 1 atom stereocenters. The van der Waals surface area contributed by atoms with Crippen LogP contribution in [0.2, 0.25) is 0 Å². The van der Waals surface area contributed by atoms with E-state index in [1.807, 2.05) is 65.8 Å². The van der Waals surface area contributed by atoms with Crippen molar-refractivity contribution in [1.82, 2.24) is 0 Å². The first-order chi connectivity index (χ1) is 16.4. The molecule has 0 saturated heterocycles. The molecule has 0 amide bonds. The van der Waals surface area contributed by atoms with Crippen LogP contribution in [-0.2, 0) is 22.6 Å². The molecule has 9 nitrogen and oxygen atoms in total. The Labute approximate surface area is 206 Å². The summed E-state index contributed by atoms with van der Waals surface area (Å²) in [4.78, 5) is 0. The summed E-state index contributed by atoms with van der Waals surface area (Å²) in [5, 5.41) is 0. The smallest absolute Gasteiger partial charge is 0.402 e. The molecule has 0 fully saturated rings. The number of hydrogen-bond donors (Lipinski definition) is 0. The van der Waals surface area contributed by atoms with Gasteiger partial charge in [0.15, 0.2) is 0 Å². The Bertz CT molecular complexity index is 881. The van der Waals surface area contributed by atoms with Gasteiger partial charge in [-0.25, -0.2) is 0 Å². The fourth-order valence-corrected chi connectivity index (χ4v) is 12.6. The van der Waals surface area contributed by atoms with E-state index in [9.17, 15) is 0 Å². The van der Waals surface area contributed by atoms with Crippen molar-refractivity contribution in [2.24, 2.45) is 13.5 Å². The van der Waals surface area contributed by atoms with E-state index >= 15 is 0 Å². The van der Waals surface area contributed by atoms with Crippen LogP contribution < -0.4 is 4.52 Å². The fraction of sp³-hybridized carbons (Fsp3) is 0.727. The number of rotatable bonds is 17. The quantitative estimate of drug-likeness (QED) is 0.184.